The molecule has 0 spiro atoms. The second-order valence-corrected chi connectivity index (χ2v) is 6.35. The zero-order valence-electron chi connectivity index (χ0n) is 15.0. The summed E-state index contributed by atoms with van der Waals surface area (Å²) in [6, 6.07) is 18.3. The van der Waals surface area contributed by atoms with Gasteiger partial charge in [-0.1, -0.05) is 36.4 Å². The Kier molecular flexibility index (Phi) is 5.40. The van der Waals surface area contributed by atoms with Gasteiger partial charge in [0.2, 0.25) is 5.91 Å². The van der Waals surface area contributed by atoms with E-state index in [0.717, 1.165) is 18.2 Å². The maximum Gasteiger partial charge on any atom is 0.416 e. The molecule has 0 fully saturated rings. The van der Waals surface area contributed by atoms with Gasteiger partial charge in [-0.25, -0.2) is 0 Å². The van der Waals surface area contributed by atoms with Gasteiger partial charge in [-0.05, 0) is 47.5 Å². The number of anilines is 1. The number of halogens is 3. The Bertz CT molecular complexity index is 985. The molecule has 0 bridgehead atoms. The van der Waals surface area contributed by atoms with Crippen molar-refractivity contribution in [2.75, 3.05) is 4.90 Å². The van der Waals surface area contributed by atoms with Gasteiger partial charge in [0.05, 0.1) is 12.1 Å². The van der Waals surface area contributed by atoms with Gasteiger partial charge in [-0.3, -0.25) is 9.90 Å². The van der Waals surface area contributed by atoms with E-state index in [1.54, 1.807) is 41.3 Å². The predicted molar refractivity (Wildman–Crippen MR) is 100 cm³/mol. The van der Waals surface area contributed by atoms with Crippen molar-refractivity contribution in [3.05, 3.63) is 83.9 Å². The third kappa shape index (κ3) is 4.34. The van der Waals surface area contributed by atoms with Crippen molar-refractivity contribution in [2.24, 2.45) is 0 Å². The van der Waals surface area contributed by atoms with Crippen LogP contribution >= 0.6 is 0 Å². The van der Waals surface area contributed by atoms with Crippen LogP contribution in [0.1, 0.15) is 18.1 Å². The van der Waals surface area contributed by atoms with E-state index < -0.39 is 17.5 Å². The molecule has 0 aliphatic rings. The normalized spacial score (nSPS) is 11.3. The van der Waals surface area contributed by atoms with Crippen molar-refractivity contribution in [3.8, 4) is 16.9 Å². The molecule has 28 heavy (non-hydrogen) atoms. The van der Waals surface area contributed by atoms with Gasteiger partial charge in [0.25, 0.3) is 0 Å². The van der Waals surface area contributed by atoms with E-state index in [0.29, 0.717) is 16.8 Å². The summed E-state index contributed by atoms with van der Waals surface area (Å²) in [5.41, 5.74) is 0.899. The van der Waals surface area contributed by atoms with Crippen LogP contribution in [0, 0.1) is 0 Å². The molecule has 0 N–H and O–H groups in total. The zero-order chi connectivity index (χ0) is 20.3. The highest BCUT2D eigenvalue weighted by Crippen LogP contribution is 2.37. The summed E-state index contributed by atoms with van der Waals surface area (Å²) in [7, 11) is 0. The first-order chi connectivity index (χ1) is 13.3. The average molecular weight is 384 g/mol. The van der Waals surface area contributed by atoms with Crippen LogP contribution in [0.15, 0.2) is 72.8 Å². The molecule has 3 aromatic rings. The summed E-state index contributed by atoms with van der Waals surface area (Å²) in [4.78, 5) is 13.6. The third-order valence-electron chi connectivity index (χ3n) is 4.33. The molecule has 0 heterocycles. The minimum absolute atomic E-state index is 0.0224. The molecule has 3 nitrogen and oxygen atoms in total. The number of nitrogens with zero attached hydrogens (tertiary/aromatic N) is 1. The first-order valence-electron chi connectivity index (χ1n) is 8.56. The molecule has 3 aromatic carbocycles. The van der Waals surface area contributed by atoms with Crippen LogP contribution < -0.4 is 4.90 Å². The molecule has 3 rings (SSSR count). The number of benzene rings is 3. The van der Waals surface area contributed by atoms with Crippen LogP contribution in [-0.2, 0) is 22.6 Å². The fraction of sp³-hybridized carbons (Fsp3) is 0.136. The Balaban J connectivity index is 1.96. The van der Waals surface area contributed by atoms with Gasteiger partial charge in [-0.15, -0.1) is 0 Å². The van der Waals surface area contributed by atoms with E-state index in [1.807, 2.05) is 18.2 Å². The van der Waals surface area contributed by atoms with Crippen LogP contribution in [0.25, 0.3) is 11.1 Å². The van der Waals surface area contributed by atoms with Crippen molar-refractivity contribution >= 4 is 11.6 Å². The molecule has 6 heteroatoms. The molecular formula is C22H17F3NO2. The fourth-order valence-electron chi connectivity index (χ4n) is 2.94. The summed E-state index contributed by atoms with van der Waals surface area (Å²) >= 11 is 0. The van der Waals surface area contributed by atoms with Crippen molar-refractivity contribution in [3.63, 3.8) is 0 Å². The Labute approximate surface area is 160 Å². The summed E-state index contributed by atoms with van der Waals surface area (Å²) < 4.78 is 39.0. The van der Waals surface area contributed by atoms with E-state index in [2.05, 4.69) is 0 Å². The largest absolute Gasteiger partial charge is 0.416 e. The van der Waals surface area contributed by atoms with Gasteiger partial charge in [0, 0.05) is 18.2 Å². The van der Waals surface area contributed by atoms with Crippen molar-refractivity contribution in [2.45, 2.75) is 19.6 Å². The Morgan fingerprint density at radius 3 is 2.29 bits per heavy atom. The second-order valence-electron chi connectivity index (χ2n) is 6.35. The average Bonchev–Trinajstić information content (AvgIpc) is 2.66. The maximum absolute atomic E-state index is 13.0. The number of carbonyl (C=O) groups is 1. The van der Waals surface area contributed by atoms with Crippen LogP contribution in [0.3, 0.4) is 0 Å². The first kappa shape index (κ1) is 19.5. The SMILES string of the molecule is CC(=O)N(Cc1cccc(-c2cc(C(F)(F)F)ccc2[O])c1)c1ccccc1. The second kappa shape index (κ2) is 7.76. The highest BCUT2D eigenvalue weighted by molar-refractivity contribution is 5.91. The van der Waals surface area contributed by atoms with Crippen molar-refractivity contribution in [1.82, 2.24) is 0 Å². The molecule has 0 aliphatic carbocycles. The summed E-state index contributed by atoms with van der Waals surface area (Å²) in [6.07, 6.45) is -4.53. The summed E-state index contributed by atoms with van der Waals surface area (Å²) in [5.74, 6) is -0.656. The van der Waals surface area contributed by atoms with Gasteiger partial charge < -0.3 is 4.90 Å². The molecule has 1 radical (unpaired) electrons. The molecule has 0 saturated carbocycles. The lowest BCUT2D eigenvalue weighted by atomic mass is 9.99. The topological polar surface area (TPSA) is 40.2 Å². The van der Waals surface area contributed by atoms with Gasteiger partial charge in [-0.2, -0.15) is 13.2 Å². The Hall–Kier alpha value is -3.28. The number of rotatable bonds is 4. The molecule has 1 amide bonds. The third-order valence-corrected chi connectivity index (χ3v) is 4.33. The van der Waals surface area contributed by atoms with Gasteiger partial charge in [0.1, 0.15) is 0 Å². The molecule has 0 unspecified atom stereocenters. The zero-order valence-corrected chi connectivity index (χ0v) is 15.0. The minimum atomic E-state index is -4.53. The lowest BCUT2D eigenvalue weighted by Crippen LogP contribution is -2.27. The number of hydrogen-bond donors (Lipinski definition) is 0. The minimum Gasteiger partial charge on any atom is -0.308 e. The van der Waals surface area contributed by atoms with Crippen LogP contribution in [0.2, 0.25) is 0 Å². The smallest absolute Gasteiger partial charge is 0.308 e. The number of hydrogen-bond acceptors (Lipinski definition) is 1. The molecule has 0 atom stereocenters. The quantitative estimate of drug-likeness (QED) is 0.538. The van der Waals surface area contributed by atoms with E-state index in [-0.39, 0.29) is 18.0 Å². The van der Waals surface area contributed by atoms with Crippen molar-refractivity contribution < 1.29 is 23.1 Å². The lowest BCUT2D eigenvalue weighted by Gasteiger charge is -2.21. The van der Waals surface area contributed by atoms with Crippen LogP contribution in [0.4, 0.5) is 18.9 Å². The van der Waals surface area contributed by atoms with Crippen LogP contribution in [0.5, 0.6) is 5.75 Å². The molecule has 143 valence electrons. The number of para-hydroxylation sites is 1. The van der Waals surface area contributed by atoms with Gasteiger partial charge in [0.15, 0.2) is 5.75 Å². The monoisotopic (exact) mass is 384 g/mol. The highest BCUT2D eigenvalue weighted by Gasteiger charge is 2.31. The first-order valence-corrected chi connectivity index (χ1v) is 8.56. The molecule has 0 saturated heterocycles. The summed E-state index contributed by atoms with van der Waals surface area (Å²) in [6.45, 7) is 1.68. The molecule has 0 aliphatic heterocycles. The molecular weight excluding hydrogens is 367 g/mol. The highest BCUT2D eigenvalue weighted by atomic mass is 19.4. The van der Waals surface area contributed by atoms with Crippen molar-refractivity contribution in [1.29, 1.82) is 0 Å². The standard InChI is InChI=1S/C22H17F3NO2/c1-15(27)26(19-8-3-2-4-9-19)14-16-6-5-7-17(12-16)20-13-18(22(23,24)25)10-11-21(20)28/h2-13H,14H2,1H3. The van der Waals surface area contributed by atoms with E-state index in [9.17, 15) is 23.1 Å². The van der Waals surface area contributed by atoms with E-state index in [4.69, 9.17) is 0 Å². The number of carbonyl (C=O) groups excluding carboxylic acids is 1. The van der Waals surface area contributed by atoms with Crippen LogP contribution in [-0.4, -0.2) is 5.91 Å². The van der Waals surface area contributed by atoms with E-state index in [1.165, 1.54) is 6.92 Å². The Morgan fingerprint density at radius 2 is 1.64 bits per heavy atom. The lowest BCUT2D eigenvalue weighted by molar-refractivity contribution is -0.137. The predicted octanol–water partition coefficient (Wildman–Crippen LogP) is 6.07. The van der Waals surface area contributed by atoms with E-state index >= 15 is 0 Å². The number of amides is 1. The summed E-state index contributed by atoms with van der Waals surface area (Å²) in [5, 5.41) is 12.1. The number of alkyl halides is 3. The maximum atomic E-state index is 13.0. The fourth-order valence-corrected chi connectivity index (χ4v) is 2.94. The Morgan fingerprint density at radius 1 is 0.929 bits per heavy atom. The molecule has 0 aromatic heterocycles. The van der Waals surface area contributed by atoms with Gasteiger partial charge >= 0.3 is 6.18 Å².